The molecular weight excluding hydrogens is 249 g/mol. The summed E-state index contributed by atoms with van der Waals surface area (Å²) in [6.45, 7) is 1.99. The Hall–Kier alpha value is -2.13. The highest BCUT2D eigenvalue weighted by Crippen LogP contribution is 2.16. The molecule has 1 amide bonds. The van der Waals surface area contributed by atoms with Crippen molar-refractivity contribution in [2.24, 2.45) is 0 Å². The van der Waals surface area contributed by atoms with Crippen molar-refractivity contribution in [2.45, 2.75) is 32.2 Å². The number of nitrogens with one attached hydrogen (secondary N) is 2. The van der Waals surface area contributed by atoms with Crippen LogP contribution in [-0.2, 0) is 4.79 Å². The summed E-state index contributed by atoms with van der Waals surface area (Å²) in [7, 11) is 0. The molecule has 1 atom stereocenters. The van der Waals surface area contributed by atoms with E-state index in [1.54, 1.807) is 11.5 Å². The van der Waals surface area contributed by atoms with Gasteiger partial charge < -0.3 is 5.32 Å². The van der Waals surface area contributed by atoms with Crippen LogP contribution in [-0.4, -0.2) is 17.2 Å². The molecule has 0 spiro atoms. The molecule has 1 aromatic rings. The molecule has 0 heterocycles. The van der Waals surface area contributed by atoms with Gasteiger partial charge in [0.25, 0.3) is 5.91 Å². The second-order valence-electron chi connectivity index (χ2n) is 4.12. The van der Waals surface area contributed by atoms with E-state index in [0.717, 1.165) is 18.9 Å². The van der Waals surface area contributed by atoms with E-state index < -0.39 is 17.8 Å². The molecule has 1 aromatic carbocycles. The number of halogens is 1. The predicted octanol–water partition coefficient (Wildman–Crippen LogP) is 2.17. The van der Waals surface area contributed by atoms with Gasteiger partial charge in [0.15, 0.2) is 0 Å². The van der Waals surface area contributed by atoms with Crippen LogP contribution in [0.1, 0.15) is 31.7 Å². The summed E-state index contributed by atoms with van der Waals surface area (Å²) in [6.07, 6.45) is 2.24. The third kappa shape index (κ3) is 4.23. The highest BCUT2D eigenvalue weighted by molar-refractivity contribution is 5.83. The maximum Gasteiger partial charge on any atom is 0.265 e. The fourth-order valence-corrected chi connectivity index (χ4v) is 1.66. The Balaban J connectivity index is 2.84. The first-order chi connectivity index (χ1) is 9.12. The molecule has 0 fully saturated rings. The van der Waals surface area contributed by atoms with Crippen molar-refractivity contribution in [2.75, 3.05) is 5.32 Å². The molecule has 6 heteroatoms. The van der Waals surface area contributed by atoms with Gasteiger partial charge in [-0.3, -0.25) is 10.0 Å². The fourth-order valence-electron chi connectivity index (χ4n) is 1.66. The summed E-state index contributed by atoms with van der Waals surface area (Å²) in [5.41, 5.74) is 1.96. The van der Waals surface area contributed by atoms with Gasteiger partial charge in [-0.1, -0.05) is 19.8 Å². The summed E-state index contributed by atoms with van der Waals surface area (Å²) >= 11 is 0. The number of hydroxylamine groups is 1. The molecule has 0 bridgehead atoms. The van der Waals surface area contributed by atoms with Crippen LogP contribution in [0, 0.1) is 17.1 Å². The lowest BCUT2D eigenvalue weighted by molar-refractivity contribution is -0.130. The van der Waals surface area contributed by atoms with Crippen LogP contribution in [0.25, 0.3) is 0 Å². The maximum absolute atomic E-state index is 13.2. The van der Waals surface area contributed by atoms with Crippen LogP contribution in [0.5, 0.6) is 0 Å². The minimum Gasteiger partial charge on any atom is -0.374 e. The summed E-state index contributed by atoms with van der Waals surface area (Å²) in [4.78, 5) is 11.5. The Labute approximate surface area is 111 Å². The first-order valence-corrected chi connectivity index (χ1v) is 6.02. The van der Waals surface area contributed by atoms with Gasteiger partial charge in [-0.25, -0.2) is 9.87 Å². The van der Waals surface area contributed by atoms with Crippen molar-refractivity contribution in [1.29, 1.82) is 5.26 Å². The van der Waals surface area contributed by atoms with Gasteiger partial charge in [0.1, 0.15) is 17.9 Å². The third-order valence-electron chi connectivity index (χ3n) is 2.70. The van der Waals surface area contributed by atoms with Gasteiger partial charge in [-0.05, 0) is 24.6 Å². The summed E-state index contributed by atoms with van der Waals surface area (Å²) < 4.78 is 13.2. The van der Waals surface area contributed by atoms with Gasteiger partial charge in [-0.15, -0.1) is 0 Å². The molecule has 1 unspecified atom stereocenters. The Morgan fingerprint density at radius 2 is 2.32 bits per heavy atom. The first-order valence-electron chi connectivity index (χ1n) is 6.02. The Kier molecular flexibility index (Phi) is 5.76. The van der Waals surface area contributed by atoms with E-state index in [4.69, 9.17) is 10.5 Å². The molecule has 0 radical (unpaired) electrons. The monoisotopic (exact) mass is 265 g/mol. The fraction of sp³-hybridized carbons (Fsp3) is 0.385. The van der Waals surface area contributed by atoms with Crippen molar-refractivity contribution in [3.63, 3.8) is 0 Å². The summed E-state index contributed by atoms with van der Waals surface area (Å²) in [5.74, 6) is -1.17. The van der Waals surface area contributed by atoms with Crippen LogP contribution >= 0.6 is 0 Å². The van der Waals surface area contributed by atoms with Crippen LogP contribution in [0.3, 0.4) is 0 Å². The van der Waals surface area contributed by atoms with E-state index in [-0.39, 0.29) is 5.56 Å². The molecule has 0 aliphatic rings. The van der Waals surface area contributed by atoms with E-state index in [1.807, 2.05) is 6.92 Å². The number of carbonyl (C=O) groups is 1. The largest absolute Gasteiger partial charge is 0.374 e. The molecule has 102 valence electrons. The van der Waals surface area contributed by atoms with Crippen LogP contribution in [0.4, 0.5) is 10.1 Å². The molecule has 0 aliphatic carbocycles. The number of unbranched alkanes of at least 4 members (excludes halogenated alkanes) is 1. The lowest BCUT2D eigenvalue weighted by Crippen LogP contribution is -2.38. The van der Waals surface area contributed by atoms with Crippen LogP contribution < -0.4 is 10.8 Å². The Morgan fingerprint density at radius 3 is 2.89 bits per heavy atom. The van der Waals surface area contributed by atoms with Crippen molar-refractivity contribution >= 4 is 11.6 Å². The standard InChI is InChI=1S/C13H16FN3O2/c1-2-3-4-12(13(18)17-19)16-10-5-6-11(14)9(7-10)8-15/h5-7,12,16,19H,2-4H2,1H3,(H,17,18). The van der Waals surface area contributed by atoms with E-state index >= 15 is 0 Å². The SMILES string of the molecule is CCCCC(Nc1ccc(F)c(C#N)c1)C(=O)NO. The molecule has 5 nitrogen and oxygen atoms in total. The minimum absolute atomic E-state index is 0.0938. The smallest absolute Gasteiger partial charge is 0.265 e. The van der Waals surface area contributed by atoms with Gasteiger partial charge in [0.2, 0.25) is 0 Å². The normalized spacial score (nSPS) is 11.5. The topological polar surface area (TPSA) is 85.2 Å². The molecule has 1 rings (SSSR count). The lowest BCUT2D eigenvalue weighted by Gasteiger charge is -2.17. The number of nitrogens with zero attached hydrogens (tertiary/aromatic N) is 1. The van der Waals surface area contributed by atoms with Crippen molar-refractivity contribution in [3.8, 4) is 6.07 Å². The van der Waals surface area contributed by atoms with Gasteiger partial charge in [0, 0.05) is 5.69 Å². The zero-order valence-electron chi connectivity index (χ0n) is 10.6. The number of carbonyl (C=O) groups excluding carboxylic acids is 1. The van der Waals surface area contributed by atoms with Crippen molar-refractivity contribution in [1.82, 2.24) is 5.48 Å². The quantitative estimate of drug-likeness (QED) is 0.543. The van der Waals surface area contributed by atoms with Crippen LogP contribution in [0.15, 0.2) is 18.2 Å². The highest BCUT2D eigenvalue weighted by Gasteiger charge is 2.17. The number of amides is 1. The first kappa shape index (κ1) is 14.9. The average Bonchev–Trinajstić information content (AvgIpc) is 2.44. The summed E-state index contributed by atoms with van der Waals surface area (Å²) in [5, 5.41) is 20.3. The molecular formula is C13H16FN3O2. The van der Waals surface area contributed by atoms with Gasteiger partial charge >= 0.3 is 0 Å². The lowest BCUT2D eigenvalue weighted by atomic mass is 10.1. The Morgan fingerprint density at radius 1 is 1.58 bits per heavy atom. The Bertz CT molecular complexity index is 485. The second-order valence-corrected chi connectivity index (χ2v) is 4.12. The van der Waals surface area contributed by atoms with Gasteiger partial charge in [-0.2, -0.15) is 5.26 Å². The third-order valence-corrected chi connectivity index (χ3v) is 2.70. The number of hydrogen-bond acceptors (Lipinski definition) is 4. The number of hydrogen-bond donors (Lipinski definition) is 3. The van der Waals surface area contributed by atoms with E-state index in [2.05, 4.69) is 5.32 Å². The number of benzene rings is 1. The summed E-state index contributed by atoms with van der Waals surface area (Å²) in [6, 6.07) is 5.04. The molecule has 19 heavy (non-hydrogen) atoms. The molecule has 0 aromatic heterocycles. The second kappa shape index (κ2) is 7.34. The van der Waals surface area contributed by atoms with E-state index in [9.17, 15) is 9.18 Å². The number of anilines is 1. The van der Waals surface area contributed by atoms with E-state index in [1.165, 1.54) is 12.1 Å². The molecule has 0 aliphatic heterocycles. The maximum atomic E-state index is 13.2. The predicted molar refractivity (Wildman–Crippen MR) is 68.0 cm³/mol. The number of nitriles is 1. The average molecular weight is 265 g/mol. The molecule has 0 saturated carbocycles. The zero-order chi connectivity index (χ0) is 14.3. The number of rotatable bonds is 6. The van der Waals surface area contributed by atoms with Gasteiger partial charge in [0.05, 0.1) is 5.56 Å². The molecule has 0 saturated heterocycles. The zero-order valence-corrected chi connectivity index (χ0v) is 10.6. The van der Waals surface area contributed by atoms with Crippen molar-refractivity contribution in [3.05, 3.63) is 29.6 Å². The molecule has 3 N–H and O–H groups in total. The van der Waals surface area contributed by atoms with Crippen LogP contribution in [0.2, 0.25) is 0 Å². The highest BCUT2D eigenvalue weighted by atomic mass is 19.1. The van der Waals surface area contributed by atoms with E-state index in [0.29, 0.717) is 12.1 Å². The minimum atomic E-state index is -0.623. The van der Waals surface area contributed by atoms with Crippen molar-refractivity contribution < 1.29 is 14.4 Å².